The number of rotatable bonds is 1. The topological polar surface area (TPSA) is 35.0 Å². The highest BCUT2D eigenvalue weighted by atomic mass is 35.5. The van der Waals surface area contributed by atoms with Gasteiger partial charge in [0, 0.05) is 0 Å². The third-order valence-electron chi connectivity index (χ3n) is 1.10. The molecular formula is C6H6Cl2N2O. The van der Waals surface area contributed by atoms with Gasteiger partial charge in [-0.2, -0.15) is 0 Å². The van der Waals surface area contributed by atoms with E-state index in [0.717, 1.165) is 0 Å². The number of hydrogen-bond donors (Lipinski definition) is 0. The first kappa shape index (κ1) is 8.56. The molecule has 0 aromatic carbocycles. The average molecular weight is 193 g/mol. The van der Waals surface area contributed by atoms with E-state index in [2.05, 4.69) is 9.97 Å². The van der Waals surface area contributed by atoms with Crippen LogP contribution in [0.5, 0.6) is 5.75 Å². The van der Waals surface area contributed by atoms with Gasteiger partial charge >= 0.3 is 0 Å². The summed E-state index contributed by atoms with van der Waals surface area (Å²) in [6, 6.07) is 0. The Balaban J connectivity index is 3.25. The molecule has 60 valence electrons. The molecule has 3 nitrogen and oxygen atoms in total. The molecule has 0 fully saturated rings. The summed E-state index contributed by atoms with van der Waals surface area (Å²) in [6.45, 7) is 1.71. The van der Waals surface area contributed by atoms with E-state index in [0.29, 0.717) is 11.6 Å². The van der Waals surface area contributed by atoms with Crippen LogP contribution < -0.4 is 4.74 Å². The molecule has 0 aliphatic carbocycles. The summed E-state index contributed by atoms with van der Waals surface area (Å²) in [6.07, 6.45) is 0. The number of hydrogen-bond acceptors (Lipinski definition) is 3. The van der Waals surface area contributed by atoms with Crippen LogP contribution in [-0.4, -0.2) is 17.1 Å². The van der Waals surface area contributed by atoms with Gasteiger partial charge in [-0.15, -0.1) is 0 Å². The molecule has 0 N–H and O–H groups in total. The second-order valence-corrected chi connectivity index (χ2v) is 2.60. The van der Waals surface area contributed by atoms with Crippen molar-refractivity contribution in [2.75, 3.05) is 7.11 Å². The number of methoxy groups -OCH3 is 1. The summed E-state index contributed by atoms with van der Waals surface area (Å²) < 4.78 is 4.84. The molecule has 0 spiro atoms. The highest BCUT2D eigenvalue weighted by molar-refractivity contribution is 6.35. The van der Waals surface area contributed by atoms with E-state index in [9.17, 15) is 0 Å². The molecule has 11 heavy (non-hydrogen) atoms. The molecule has 0 amide bonds. The molecule has 0 saturated carbocycles. The second-order valence-electron chi connectivity index (χ2n) is 1.89. The molecule has 1 rings (SSSR count). The minimum absolute atomic E-state index is 0.241. The van der Waals surface area contributed by atoms with Crippen LogP contribution in [0, 0.1) is 6.92 Å². The molecule has 1 heterocycles. The van der Waals surface area contributed by atoms with E-state index in [-0.39, 0.29) is 10.3 Å². The molecule has 0 saturated heterocycles. The third-order valence-corrected chi connectivity index (χ3v) is 1.61. The van der Waals surface area contributed by atoms with E-state index in [4.69, 9.17) is 27.9 Å². The maximum Gasteiger partial charge on any atom is 0.193 e. The highest BCUT2D eigenvalue weighted by Crippen LogP contribution is 2.28. The zero-order chi connectivity index (χ0) is 8.43. The van der Waals surface area contributed by atoms with E-state index in [1.165, 1.54) is 7.11 Å². The summed E-state index contributed by atoms with van der Waals surface area (Å²) >= 11 is 11.3. The lowest BCUT2D eigenvalue weighted by atomic mass is 10.5. The molecule has 0 aliphatic heterocycles. The van der Waals surface area contributed by atoms with Crippen molar-refractivity contribution in [3.05, 3.63) is 16.1 Å². The summed E-state index contributed by atoms with van der Waals surface area (Å²) in [7, 11) is 1.46. The van der Waals surface area contributed by atoms with Crippen molar-refractivity contribution < 1.29 is 4.74 Å². The van der Waals surface area contributed by atoms with Crippen molar-refractivity contribution in [2.24, 2.45) is 0 Å². The molecule has 0 unspecified atom stereocenters. The van der Waals surface area contributed by atoms with Crippen LogP contribution in [-0.2, 0) is 0 Å². The molecule has 1 aromatic rings. The zero-order valence-corrected chi connectivity index (χ0v) is 7.57. The Labute approximate surface area is 74.3 Å². The van der Waals surface area contributed by atoms with E-state index in [1.807, 2.05) is 0 Å². The molecule has 0 aliphatic rings. The Morgan fingerprint density at radius 1 is 1.18 bits per heavy atom. The highest BCUT2D eigenvalue weighted by Gasteiger charge is 2.08. The van der Waals surface area contributed by atoms with Crippen molar-refractivity contribution >= 4 is 23.2 Å². The zero-order valence-electron chi connectivity index (χ0n) is 6.06. The van der Waals surface area contributed by atoms with Gasteiger partial charge < -0.3 is 4.74 Å². The Morgan fingerprint density at radius 2 is 1.64 bits per heavy atom. The number of ether oxygens (including phenoxy) is 1. The number of halogens is 2. The predicted octanol–water partition coefficient (Wildman–Crippen LogP) is 2.10. The van der Waals surface area contributed by atoms with Crippen LogP contribution in [0.1, 0.15) is 5.82 Å². The number of nitrogens with zero attached hydrogens (tertiary/aromatic N) is 2. The van der Waals surface area contributed by atoms with Crippen molar-refractivity contribution in [3.63, 3.8) is 0 Å². The monoisotopic (exact) mass is 192 g/mol. The fourth-order valence-electron chi connectivity index (χ4n) is 0.664. The lowest BCUT2D eigenvalue weighted by Crippen LogP contribution is -1.94. The van der Waals surface area contributed by atoms with Crippen LogP contribution in [0.3, 0.4) is 0 Å². The van der Waals surface area contributed by atoms with Crippen LogP contribution >= 0.6 is 23.2 Å². The fourth-order valence-corrected chi connectivity index (χ4v) is 1.29. The first-order valence-electron chi connectivity index (χ1n) is 2.88. The third kappa shape index (κ3) is 1.73. The molecule has 0 bridgehead atoms. The van der Waals surface area contributed by atoms with Crippen LogP contribution in [0.4, 0.5) is 0 Å². The first-order valence-corrected chi connectivity index (χ1v) is 3.64. The molecule has 5 heteroatoms. The summed E-state index contributed by atoms with van der Waals surface area (Å²) in [4.78, 5) is 7.70. The Morgan fingerprint density at radius 3 is 2.00 bits per heavy atom. The Hall–Kier alpha value is -0.540. The van der Waals surface area contributed by atoms with Gasteiger partial charge in [-0.25, -0.2) is 9.97 Å². The number of aryl methyl sites for hydroxylation is 1. The molecule has 0 atom stereocenters. The maximum absolute atomic E-state index is 5.67. The Bertz CT molecular complexity index is 254. The van der Waals surface area contributed by atoms with Crippen molar-refractivity contribution in [3.8, 4) is 5.75 Å². The maximum atomic E-state index is 5.67. The molecular weight excluding hydrogens is 187 g/mol. The smallest absolute Gasteiger partial charge is 0.193 e. The number of aromatic nitrogens is 2. The largest absolute Gasteiger partial charge is 0.491 e. The minimum Gasteiger partial charge on any atom is -0.491 e. The van der Waals surface area contributed by atoms with Gasteiger partial charge in [0.2, 0.25) is 0 Å². The van der Waals surface area contributed by atoms with Gasteiger partial charge in [-0.1, -0.05) is 23.2 Å². The van der Waals surface area contributed by atoms with E-state index in [1.54, 1.807) is 6.92 Å². The van der Waals surface area contributed by atoms with Crippen molar-refractivity contribution in [1.29, 1.82) is 0 Å². The van der Waals surface area contributed by atoms with Gasteiger partial charge in [-0.05, 0) is 6.92 Å². The second kappa shape index (κ2) is 3.24. The van der Waals surface area contributed by atoms with E-state index < -0.39 is 0 Å². The quantitative estimate of drug-likeness (QED) is 0.640. The summed E-state index contributed by atoms with van der Waals surface area (Å²) in [5.74, 6) is 0.847. The standard InChI is InChI=1S/C6H6Cl2N2O/c1-3-9-5(7)4(11-2)6(8)10-3/h1-2H3. The SMILES string of the molecule is COc1c(Cl)nc(C)nc1Cl. The van der Waals surface area contributed by atoms with E-state index >= 15 is 0 Å². The fraction of sp³-hybridized carbons (Fsp3) is 0.333. The minimum atomic E-state index is 0.241. The predicted molar refractivity (Wildman–Crippen MR) is 43.3 cm³/mol. The van der Waals surface area contributed by atoms with Gasteiger partial charge in [0.05, 0.1) is 7.11 Å². The van der Waals surface area contributed by atoms with Crippen molar-refractivity contribution in [1.82, 2.24) is 9.97 Å². The molecule has 1 aromatic heterocycles. The van der Waals surface area contributed by atoms with Crippen molar-refractivity contribution in [2.45, 2.75) is 6.92 Å². The lowest BCUT2D eigenvalue weighted by molar-refractivity contribution is 0.411. The van der Waals surface area contributed by atoms with Gasteiger partial charge in [-0.3, -0.25) is 0 Å². The summed E-state index contributed by atoms with van der Waals surface area (Å²) in [5.41, 5.74) is 0. The van der Waals surface area contributed by atoms with Gasteiger partial charge in [0.15, 0.2) is 16.1 Å². The van der Waals surface area contributed by atoms with Gasteiger partial charge in [0.1, 0.15) is 5.82 Å². The molecule has 0 radical (unpaired) electrons. The van der Waals surface area contributed by atoms with Crippen LogP contribution in [0.25, 0.3) is 0 Å². The summed E-state index contributed by atoms with van der Waals surface area (Å²) in [5, 5.41) is 0.481. The Kier molecular flexibility index (Phi) is 2.52. The van der Waals surface area contributed by atoms with Crippen LogP contribution in [0.2, 0.25) is 10.3 Å². The van der Waals surface area contributed by atoms with Gasteiger partial charge in [0.25, 0.3) is 0 Å². The lowest BCUT2D eigenvalue weighted by Gasteiger charge is -2.03. The van der Waals surface area contributed by atoms with Crippen LogP contribution in [0.15, 0.2) is 0 Å². The normalized spacial score (nSPS) is 9.82. The average Bonchev–Trinajstić information content (AvgIpc) is 1.85. The first-order chi connectivity index (χ1) is 5.15.